The maximum absolute atomic E-state index is 15.5. The summed E-state index contributed by atoms with van der Waals surface area (Å²) >= 11 is 4.12. The summed E-state index contributed by atoms with van der Waals surface area (Å²) in [5.74, 6) is -3.98. The van der Waals surface area contributed by atoms with Crippen LogP contribution in [0.25, 0.3) is 22.0 Å². The number of carbonyl (C=O) groups is 1. The van der Waals surface area contributed by atoms with Crippen LogP contribution in [0.4, 0.5) is 40.9 Å². The quantitative estimate of drug-likeness (QED) is 0.0608. The van der Waals surface area contributed by atoms with Crippen LogP contribution < -0.4 is 10.0 Å². The Morgan fingerprint density at radius 2 is 1.72 bits per heavy atom. The van der Waals surface area contributed by atoms with Gasteiger partial charge in [-0.05, 0) is 87.3 Å². The number of nitrogens with one attached hydrogen (secondary N) is 2. The molecule has 0 spiro atoms. The molecule has 1 unspecified atom stereocenters. The first-order valence-corrected chi connectivity index (χ1v) is 22.8. The van der Waals surface area contributed by atoms with E-state index >= 15 is 8.78 Å². The molecule has 2 N–H and O–H groups in total. The third kappa shape index (κ3) is 9.08. The molecule has 3 heterocycles. The minimum absolute atomic E-state index is 0.0212. The Balaban J connectivity index is 1.30. The molecule has 64 heavy (non-hydrogen) atoms. The van der Waals surface area contributed by atoms with E-state index in [4.69, 9.17) is 11.6 Å². The van der Waals surface area contributed by atoms with Crippen molar-refractivity contribution in [2.24, 2.45) is 11.3 Å². The highest BCUT2D eigenvalue weighted by atomic mass is 35.5. The van der Waals surface area contributed by atoms with Gasteiger partial charge in [0.15, 0.2) is 5.82 Å². The minimum Gasteiger partial charge on any atom is -0.772 e. The van der Waals surface area contributed by atoms with Gasteiger partial charge in [-0.25, -0.2) is 39.7 Å². The number of hydrogen-bond acceptors (Lipinski definition) is 8. The number of amides is 1. The lowest BCUT2D eigenvalue weighted by Crippen LogP contribution is -2.35. The number of nitrogens with zero attached hydrogens (tertiary/aromatic N) is 5. The predicted molar refractivity (Wildman–Crippen MR) is 217 cm³/mol. The number of alkyl halides is 6. The number of aromatic nitrogens is 5. The Morgan fingerprint density at radius 3 is 2.36 bits per heavy atom. The molecule has 3 aliphatic rings. The van der Waals surface area contributed by atoms with Gasteiger partial charge in [0, 0.05) is 39.8 Å². The molecule has 12 nitrogen and oxygen atoms in total. The molecule has 0 radical (unpaired) electrons. The molecule has 4 atom stereocenters. The number of sulfonamides is 1. The number of carbonyl (C=O) groups excluding carboxylic acids is 1. The zero-order valence-corrected chi connectivity index (χ0v) is 35.8. The second-order valence-electron chi connectivity index (χ2n) is 16.6. The number of fused-ring (bicyclic) bond motifs is 4. The molecule has 2 saturated carbocycles. The third-order valence-corrected chi connectivity index (χ3v) is 14.2. The molecule has 3 aromatic heterocycles. The van der Waals surface area contributed by atoms with E-state index in [0.717, 1.165) is 16.8 Å². The summed E-state index contributed by atoms with van der Waals surface area (Å²) in [5, 5.41) is 9.55. The van der Waals surface area contributed by atoms with E-state index in [1.807, 2.05) is 0 Å². The molecule has 5 aromatic rings. The van der Waals surface area contributed by atoms with Gasteiger partial charge in [-0.3, -0.25) is 23.1 Å². The largest absolute Gasteiger partial charge is 0.772 e. The van der Waals surface area contributed by atoms with Crippen LogP contribution in [0.15, 0.2) is 42.5 Å². The predicted octanol–water partition coefficient (Wildman–Crippen LogP) is 7.90. The van der Waals surface area contributed by atoms with Gasteiger partial charge in [0.1, 0.15) is 41.8 Å². The van der Waals surface area contributed by atoms with E-state index in [2.05, 4.69) is 37.1 Å². The average molecular weight is 957 g/mol. The summed E-state index contributed by atoms with van der Waals surface area (Å²) in [5.41, 5.74) is -3.54. The fraction of sp³-hybridized carbons (Fsp3) is 0.415. The second kappa shape index (κ2) is 16.7. The van der Waals surface area contributed by atoms with Crippen molar-refractivity contribution in [2.45, 2.75) is 88.6 Å². The molecule has 2 aromatic carbocycles. The van der Waals surface area contributed by atoms with Crippen LogP contribution in [-0.4, -0.2) is 65.1 Å². The van der Waals surface area contributed by atoms with Crippen molar-refractivity contribution in [1.82, 2.24) is 29.9 Å². The van der Waals surface area contributed by atoms with E-state index in [9.17, 15) is 48.3 Å². The molecular weight excluding hydrogens is 922 g/mol. The van der Waals surface area contributed by atoms with Crippen molar-refractivity contribution >= 4 is 55.3 Å². The van der Waals surface area contributed by atoms with Gasteiger partial charge in [-0.2, -0.15) is 19.0 Å². The average Bonchev–Trinajstić information content (AvgIpc) is 4.10. The monoisotopic (exact) mass is 956 g/mol. The van der Waals surface area contributed by atoms with Crippen molar-refractivity contribution in [3.63, 3.8) is 0 Å². The molecule has 340 valence electrons. The minimum atomic E-state index is -4.03. The van der Waals surface area contributed by atoms with Crippen LogP contribution in [0.2, 0.25) is 5.02 Å². The van der Waals surface area contributed by atoms with Crippen molar-refractivity contribution in [2.75, 3.05) is 10.5 Å². The zero-order chi connectivity index (χ0) is 46.2. The molecule has 23 heteroatoms. The highest BCUT2D eigenvalue weighted by molar-refractivity contribution is 7.93. The van der Waals surface area contributed by atoms with Crippen LogP contribution in [-0.2, 0) is 51.3 Å². The molecule has 3 aliphatic carbocycles. The third-order valence-electron chi connectivity index (χ3n) is 11.1. The number of rotatable bonds is 15. The van der Waals surface area contributed by atoms with Crippen molar-refractivity contribution < 1.29 is 57.1 Å². The summed E-state index contributed by atoms with van der Waals surface area (Å²) in [6.07, 6.45) is -6.10. The SMILES string of the molecule is CC(C)(C#Cc1ccc(-c2ccc(Cl)c3c(NS(=O)(=O)C4CC4)nn(CC(F)F)c23)c([C@H](Cc2cc(F)cc(F)c2)NC(=O)Cn2nc(C(F)F)c3c2C(F)(F)[C@@H]2C[C@H]32)n1)CS(=O)[O-]. The Hall–Kier alpha value is -5.11. The van der Waals surface area contributed by atoms with Gasteiger partial charge in [-0.15, -0.1) is 0 Å². The van der Waals surface area contributed by atoms with Crippen molar-refractivity contribution in [3.05, 3.63) is 93.0 Å². The van der Waals surface area contributed by atoms with Crippen LogP contribution in [0.3, 0.4) is 0 Å². The molecule has 0 saturated heterocycles. The summed E-state index contributed by atoms with van der Waals surface area (Å²) in [7, 11) is -4.03. The molecule has 0 aliphatic heterocycles. The molecule has 1 amide bonds. The first-order valence-electron chi connectivity index (χ1n) is 19.6. The van der Waals surface area contributed by atoms with Crippen LogP contribution in [0, 0.1) is 34.8 Å². The van der Waals surface area contributed by atoms with E-state index < -0.39 is 117 Å². The standard InChI is InChI=1S/C41H36ClF8N7O5S2/c1-40(2,18-63(59)60)10-9-22-3-6-24(25-7-8-28(42)33-36(25)56(16-30(45)46)54-39(33)55-64(61,62)23-4-5-23)34(51-22)29(13-19-11-20(43)14-21(44)12-19)52-31(58)17-57-37-32(35(53-57)38(47)48)26-15-27(26)41(37,49)50/h3,6-8,11-12,14,23,26-27,29-30,38H,4-5,13,15-18H2,1-2H3,(H,52,58)(H,54,55)(H,59,60)/p-1/t26-,27+,29-/m0/s1. The second-order valence-corrected chi connectivity index (χ2v) is 19.8. The van der Waals surface area contributed by atoms with Crippen LogP contribution in [0.5, 0.6) is 0 Å². The summed E-state index contributed by atoms with van der Waals surface area (Å²) in [6.45, 7) is 0.981. The van der Waals surface area contributed by atoms with E-state index in [0.29, 0.717) is 23.6 Å². The fourth-order valence-electron chi connectivity index (χ4n) is 8.16. The Kier molecular flexibility index (Phi) is 11.9. The van der Waals surface area contributed by atoms with E-state index in [-0.39, 0.29) is 67.6 Å². The van der Waals surface area contributed by atoms with Crippen LogP contribution in [0.1, 0.15) is 85.4 Å². The summed E-state index contributed by atoms with van der Waals surface area (Å²) < 4.78 is 170. The van der Waals surface area contributed by atoms with E-state index in [1.54, 1.807) is 0 Å². The molecule has 0 bridgehead atoms. The normalized spacial score (nSPS) is 18.7. The lowest BCUT2D eigenvalue weighted by Gasteiger charge is -2.23. The summed E-state index contributed by atoms with van der Waals surface area (Å²) in [6, 6.07) is 6.42. The zero-order valence-electron chi connectivity index (χ0n) is 33.5. The lowest BCUT2D eigenvalue weighted by atomic mass is 9.93. The number of pyridine rings is 1. The Morgan fingerprint density at radius 1 is 1.03 bits per heavy atom. The van der Waals surface area contributed by atoms with Crippen LogP contribution >= 0.6 is 11.6 Å². The number of hydrogen-bond donors (Lipinski definition) is 2. The Labute approximate surface area is 367 Å². The first kappa shape index (κ1) is 45.5. The van der Waals surface area contributed by atoms with E-state index in [1.165, 1.54) is 38.1 Å². The summed E-state index contributed by atoms with van der Waals surface area (Å²) in [4.78, 5) is 18.8. The van der Waals surface area contributed by atoms with Gasteiger partial charge in [0.05, 0.1) is 32.9 Å². The van der Waals surface area contributed by atoms with Gasteiger partial charge in [0.2, 0.25) is 15.9 Å². The fourth-order valence-corrected chi connectivity index (χ4v) is 10.4. The smallest absolute Gasteiger partial charge is 0.293 e. The highest BCUT2D eigenvalue weighted by Gasteiger charge is 2.67. The number of benzene rings is 2. The van der Waals surface area contributed by atoms with Gasteiger partial charge in [0.25, 0.3) is 18.8 Å². The first-order chi connectivity index (χ1) is 30.0. The maximum atomic E-state index is 15.5. The molecule has 2 fully saturated rings. The molecular formula is C41H35ClF8N7O5S2-. The van der Waals surface area contributed by atoms with Crippen molar-refractivity contribution in [3.8, 4) is 23.0 Å². The molecule has 8 rings (SSSR count). The highest BCUT2D eigenvalue weighted by Crippen LogP contribution is 2.68. The van der Waals surface area contributed by atoms with Gasteiger partial charge in [-0.1, -0.05) is 34.7 Å². The number of anilines is 1. The van der Waals surface area contributed by atoms with Gasteiger partial charge >= 0.3 is 0 Å². The maximum Gasteiger partial charge on any atom is 0.293 e. The lowest BCUT2D eigenvalue weighted by molar-refractivity contribution is -0.123. The van der Waals surface area contributed by atoms with Gasteiger partial charge < -0.3 is 9.87 Å². The van der Waals surface area contributed by atoms with Crippen molar-refractivity contribution in [1.29, 1.82) is 0 Å². The number of halogens is 9. The topological polar surface area (TPSA) is 164 Å². The Bertz CT molecular complexity index is 2890.